The third kappa shape index (κ3) is 7.80. The summed E-state index contributed by atoms with van der Waals surface area (Å²) >= 11 is 3.42. The molecule has 0 unspecified atom stereocenters. The molecule has 0 aliphatic heterocycles. The Morgan fingerprint density at radius 3 is 2.67 bits per heavy atom. The van der Waals surface area contributed by atoms with Crippen LogP contribution in [0.2, 0.25) is 0 Å². The van der Waals surface area contributed by atoms with E-state index in [9.17, 15) is 9.59 Å². The van der Waals surface area contributed by atoms with Crippen molar-refractivity contribution in [2.45, 2.75) is 19.4 Å². The van der Waals surface area contributed by atoms with Crippen LogP contribution in [0, 0.1) is 0 Å². The van der Waals surface area contributed by atoms with Crippen molar-refractivity contribution in [1.82, 2.24) is 5.32 Å². The lowest BCUT2D eigenvalue weighted by molar-refractivity contribution is -0.121. The topological polar surface area (TPSA) is 76.7 Å². The summed E-state index contributed by atoms with van der Waals surface area (Å²) in [5.41, 5.74) is 1.58. The minimum atomic E-state index is -0.219. The average molecular weight is 435 g/mol. The van der Waals surface area contributed by atoms with Gasteiger partial charge in [-0.05, 0) is 52.2 Å². The molecule has 0 aliphatic carbocycles. The summed E-state index contributed by atoms with van der Waals surface area (Å²) in [5.74, 6) is 0.508. The molecule has 0 fully saturated rings. The molecule has 0 saturated carbocycles. The van der Waals surface area contributed by atoms with E-state index in [4.69, 9.17) is 9.47 Å². The van der Waals surface area contributed by atoms with Crippen LogP contribution in [-0.4, -0.2) is 32.1 Å². The second-order valence-electron chi connectivity index (χ2n) is 5.84. The van der Waals surface area contributed by atoms with Gasteiger partial charge in [0.25, 0.3) is 0 Å². The van der Waals surface area contributed by atoms with Crippen molar-refractivity contribution in [2.24, 2.45) is 0 Å². The Morgan fingerprint density at radius 1 is 1.07 bits per heavy atom. The van der Waals surface area contributed by atoms with Crippen LogP contribution in [0.1, 0.15) is 18.4 Å². The lowest BCUT2D eigenvalue weighted by atomic mass is 10.2. The summed E-state index contributed by atoms with van der Waals surface area (Å²) in [4.78, 5) is 23.5. The minimum Gasteiger partial charge on any atom is -0.492 e. The van der Waals surface area contributed by atoms with Crippen molar-refractivity contribution in [2.75, 3.05) is 25.6 Å². The molecule has 0 atom stereocenters. The van der Waals surface area contributed by atoms with Gasteiger partial charge < -0.3 is 20.1 Å². The van der Waals surface area contributed by atoms with E-state index < -0.39 is 0 Å². The summed E-state index contributed by atoms with van der Waals surface area (Å²) in [6, 6.07) is 14.9. The summed E-state index contributed by atoms with van der Waals surface area (Å²) in [7, 11) is 1.47. The number of halogens is 1. The predicted molar refractivity (Wildman–Crippen MR) is 108 cm³/mol. The molecule has 6 nitrogen and oxygen atoms in total. The van der Waals surface area contributed by atoms with Gasteiger partial charge in [0.15, 0.2) is 0 Å². The lowest BCUT2D eigenvalue weighted by Gasteiger charge is -2.09. The maximum atomic E-state index is 12.0. The highest BCUT2D eigenvalue weighted by molar-refractivity contribution is 9.10. The van der Waals surface area contributed by atoms with Gasteiger partial charge in [0.2, 0.25) is 11.8 Å². The van der Waals surface area contributed by atoms with Gasteiger partial charge in [0.1, 0.15) is 12.4 Å². The number of para-hydroxylation sites is 1. The summed E-state index contributed by atoms with van der Waals surface area (Å²) in [6.45, 7) is 0.873. The van der Waals surface area contributed by atoms with Crippen LogP contribution in [0.4, 0.5) is 5.69 Å². The van der Waals surface area contributed by atoms with Gasteiger partial charge in [0.05, 0.1) is 11.1 Å². The SMILES string of the molecule is COCC(=O)Nc1cccc(CNC(=O)CCCOc2ccccc2Br)c1. The van der Waals surface area contributed by atoms with Crippen molar-refractivity contribution >= 4 is 33.4 Å². The van der Waals surface area contributed by atoms with E-state index >= 15 is 0 Å². The lowest BCUT2D eigenvalue weighted by Crippen LogP contribution is -2.23. The van der Waals surface area contributed by atoms with Gasteiger partial charge in [-0.25, -0.2) is 0 Å². The fourth-order valence-corrected chi connectivity index (χ4v) is 2.75. The number of methoxy groups -OCH3 is 1. The molecule has 0 aromatic heterocycles. The predicted octanol–water partition coefficient (Wildman–Crippen LogP) is 3.51. The fourth-order valence-electron chi connectivity index (χ4n) is 2.35. The number of nitrogens with one attached hydrogen (secondary N) is 2. The smallest absolute Gasteiger partial charge is 0.250 e. The van der Waals surface area contributed by atoms with E-state index in [1.54, 1.807) is 6.07 Å². The van der Waals surface area contributed by atoms with Gasteiger partial charge in [-0.2, -0.15) is 0 Å². The van der Waals surface area contributed by atoms with E-state index in [2.05, 4.69) is 26.6 Å². The Morgan fingerprint density at radius 2 is 1.89 bits per heavy atom. The number of rotatable bonds is 10. The molecule has 27 heavy (non-hydrogen) atoms. The van der Waals surface area contributed by atoms with Crippen LogP contribution in [0.5, 0.6) is 5.75 Å². The van der Waals surface area contributed by atoms with Crippen LogP contribution < -0.4 is 15.4 Å². The van der Waals surface area contributed by atoms with Crippen LogP contribution in [-0.2, 0) is 20.9 Å². The van der Waals surface area contributed by atoms with Gasteiger partial charge in [0, 0.05) is 25.8 Å². The monoisotopic (exact) mass is 434 g/mol. The first-order valence-electron chi connectivity index (χ1n) is 8.60. The Labute approximate surface area is 167 Å². The van der Waals surface area contributed by atoms with Gasteiger partial charge >= 0.3 is 0 Å². The molecule has 0 saturated heterocycles. The maximum absolute atomic E-state index is 12.0. The zero-order chi connectivity index (χ0) is 19.5. The molecule has 2 aromatic rings. The fraction of sp³-hybridized carbons (Fsp3) is 0.300. The molecule has 0 aliphatic rings. The van der Waals surface area contributed by atoms with Crippen molar-refractivity contribution in [3.8, 4) is 5.75 Å². The van der Waals surface area contributed by atoms with Crippen molar-refractivity contribution < 1.29 is 19.1 Å². The molecule has 0 spiro atoms. The first kappa shape index (κ1) is 20.9. The highest BCUT2D eigenvalue weighted by Crippen LogP contribution is 2.23. The van der Waals surface area contributed by atoms with Crippen LogP contribution in [0.3, 0.4) is 0 Å². The highest BCUT2D eigenvalue weighted by atomic mass is 79.9. The Bertz CT molecular complexity index is 767. The van der Waals surface area contributed by atoms with Gasteiger partial charge in [-0.1, -0.05) is 24.3 Å². The van der Waals surface area contributed by atoms with E-state index in [1.807, 2.05) is 42.5 Å². The van der Waals surface area contributed by atoms with Crippen LogP contribution >= 0.6 is 15.9 Å². The second kappa shape index (κ2) is 11.4. The third-order valence-electron chi connectivity index (χ3n) is 3.62. The molecule has 2 amide bonds. The number of carbonyl (C=O) groups excluding carboxylic acids is 2. The Hall–Kier alpha value is -2.38. The average Bonchev–Trinajstić information content (AvgIpc) is 2.65. The Balaban J connectivity index is 1.69. The highest BCUT2D eigenvalue weighted by Gasteiger charge is 2.05. The van der Waals surface area contributed by atoms with E-state index in [-0.39, 0.29) is 18.4 Å². The third-order valence-corrected chi connectivity index (χ3v) is 4.27. The molecule has 2 N–H and O–H groups in total. The molecule has 7 heteroatoms. The number of hydrogen-bond acceptors (Lipinski definition) is 4. The first-order valence-corrected chi connectivity index (χ1v) is 9.39. The first-order chi connectivity index (χ1) is 13.1. The quantitative estimate of drug-likeness (QED) is 0.560. The van der Waals surface area contributed by atoms with Crippen LogP contribution in [0.15, 0.2) is 53.0 Å². The standard InChI is InChI=1S/C20H23BrN2O4/c1-26-14-20(25)23-16-7-4-6-15(12-16)13-22-19(24)10-5-11-27-18-9-3-2-8-17(18)21/h2-4,6-9,12H,5,10-11,13-14H2,1H3,(H,22,24)(H,23,25). The molecular weight excluding hydrogens is 412 g/mol. The van der Waals surface area contributed by atoms with Gasteiger partial charge in [-0.3, -0.25) is 9.59 Å². The van der Waals surface area contributed by atoms with Crippen molar-refractivity contribution in [1.29, 1.82) is 0 Å². The number of amides is 2. The number of carbonyl (C=O) groups is 2. The molecule has 0 bridgehead atoms. The molecule has 144 valence electrons. The maximum Gasteiger partial charge on any atom is 0.250 e. The van der Waals surface area contributed by atoms with E-state index in [0.717, 1.165) is 15.8 Å². The van der Waals surface area contributed by atoms with Crippen molar-refractivity contribution in [3.63, 3.8) is 0 Å². The number of hydrogen-bond donors (Lipinski definition) is 2. The molecular formula is C20H23BrN2O4. The number of ether oxygens (including phenoxy) is 2. The normalized spacial score (nSPS) is 10.3. The van der Waals surface area contributed by atoms with Gasteiger partial charge in [-0.15, -0.1) is 0 Å². The summed E-state index contributed by atoms with van der Waals surface area (Å²) in [6.07, 6.45) is 1.01. The summed E-state index contributed by atoms with van der Waals surface area (Å²) in [5, 5.41) is 5.61. The molecule has 2 rings (SSSR count). The molecule has 2 aromatic carbocycles. The molecule has 0 radical (unpaired) electrons. The van der Waals surface area contributed by atoms with Crippen LogP contribution in [0.25, 0.3) is 0 Å². The second-order valence-corrected chi connectivity index (χ2v) is 6.70. The zero-order valence-electron chi connectivity index (χ0n) is 15.2. The van der Waals surface area contributed by atoms with E-state index in [1.165, 1.54) is 7.11 Å². The Kier molecular flexibility index (Phi) is 8.80. The van der Waals surface area contributed by atoms with Crippen molar-refractivity contribution in [3.05, 3.63) is 58.6 Å². The number of benzene rings is 2. The minimum absolute atomic E-state index is 0.00257. The molecule has 0 heterocycles. The summed E-state index contributed by atoms with van der Waals surface area (Å²) < 4.78 is 11.3. The largest absolute Gasteiger partial charge is 0.492 e. The van der Waals surface area contributed by atoms with E-state index in [0.29, 0.717) is 31.7 Å². The zero-order valence-corrected chi connectivity index (χ0v) is 16.8. The number of anilines is 1.